The molecule has 0 bridgehead atoms. The molecule has 0 radical (unpaired) electrons. The van der Waals surface area contributed by atoms with Crippen molar-refractivity contribution < 1.29 is 24.5 Å². The predicted octanol–water partition coefficient (Wildman–Crippen LogP) is 2.59. The Morgan fingerprint density at radius 2 is 1.67 bits per heavy atom. The van der Waals surface area contributed by atoms with Crippen molar-refractivity contribution in [2.75, 3.05) is 0 Å². The molecule has 5 heteroatoms. The molecule has 0 spiro atoms. The van der Waals surface area contributed by atoms with Gasteiger partial charge in [0.25, 0.3) is 0 Å². The number of aromatic carboxylic acids is 1. The fraction of sp³-hybridized carbons (Fsp3) is 0.125. The van der Waals surface area contributed by atoms with E-state index in [0.717, 1.165) is 5.56 Å². The van der Waals surface area contributed by atoms with Crippen LogP contribution in [0.3, 0.4) is 0 Å². The van der Waals surface area contributed by atoms with Crippen LogP contribution in [0, 0.1) is 0 Å². The number of carboxylic acid groups (broad SMARTS) is 2. The Labute approximate surface area is 121 Å². The average molecular weight is 286 g/mol. The van der Waals surface area contributed by atoms with E-state index in [1.807, 2.05) is 0 Å². The zero-order chi connectivity index (χ0) is 15.2. The van der Waals surface area contributed by atoms with Crippen molar-refractivity contribution in [1.29, 1.82) is 0 Å². The highest BCUT2D eigenvalue weighted by atomic mass is 16.5. The molecule has 0 aliphatic rings. The van der Waals surface area contributed by atoms with Crippen molar-refractivity contribution in [3.8, 4) is 5.75 Å². The number of carbonyl (C=O) groups is 2. The Bertz CT molecular complexity index is 663. The van der Waals surface area contributed by atoms with E-state index in [1.165, 1.54) is 12.1 Å². The van der Waals surface area contributed by atoms with E-state index >= 15 is 0 Å². The van der Waals surface area contributed by atoms with Gasteiger partial charge in [0.05, 0.1) is 12.0 Å². The largest absolute Gasteiger partial charge is 0.489 e. The summed E-state index contributed by atoms with van der Waals surface area (Å²) in [6.45, 7) is 0.187. The smallest absolute Gasteiger partial charge is 0.335 e. The number of aliphatic carboxylic acids is 1. The molecule has 21 heavy (non-hydrogen) atoms. The van der Waals surface area contributed by atoms with Gasteiger partial charge < -0.3 is 14.9 Å². The number of ether oxygens (including phenoxy) is 1. The third-order valence-electron chi connectivity index (χ3n) is 2.94. The van der Waals surface area contributed by atoms with Gasteiger partial charge in [0, 0.05) is 0 Å². The molecule has 0 atom stereocenters. The second-order valence-electron chi connectivity index (χ2n) is 4.46. The van der Waals surface area contributed by atoms with E-state index in [0.29, 0.717) is 11.3 Å². The summed E-state index contributed by atoms with van der Waals surface area (Å²) in [5.74, 6) is -1.50. The molecule has 0 saturated carbocycles. The van der Waals surface area contributed by atoms with Crippen molar-refractivity contribution in [3.63, 3.8) is 0 Å². The lowest BCUT2D eigenvalue weighted by Gasteiger charge is -2.10. The fourth-order valence-electron chi connectivity index (χ4n) is 1.91. The Morgan fingerprint density at radius 3 is 2.33 bits per heavy atom. The molecule has 0 aliphatic carbocycles. The second kappa shape index (κ2) is 6.56. The van der Waals surface area contributed by atoms with Gasteiger partial charge in [0.15, 0.2) is 0 Å². The number of benzene rings is 2. The maximum atomic E-state index is 10.9. The molecule has 2 aromatic rings. The summed E-state index contributed by atoms with van der Waals surface area (Å²) in [5, 5.41) is 17.8. The maximum absolute atomic E-state index is 10.9. The summed E-state index contributed by atoms with van der Waals surface area (Å²) in [4.78, 5) is 21.7. The van der Waals surface area contributed by atoms with Crippen LogP contribution < -0.4 is 4.74 Å². The van der Waals surface area contributed by atoms with Gasteiger partial charge in [-0.3, -0.25) is 4.79 Å². The highest BCUT2D eigenvalue weighted by molar-refractivity contribution is 5.88. The summed E-state index contributed by atoms with van der Waals surface area (Å²) >= 11 is 0. The van der Waals surface area contributed by atoms with Gasteiger partial charge in [-0.15, -0.1) is 0 Å². The molecule has 0 amide bonds. The first-order chi connectivity index (χ1) is 10.1. The zero-order valence-corrected chi connectivity index (χ0v) is 11.2. The van der Waals surface area contributed by atoms with E-state index in [2.05, 4.69) is 0 Å². The Hall–Kier alpha value is -2.82. The van der Waals surface area contributed by atoms with Crippen LogP contribution in [0.4, 0.5) is 0 Å². The molecule has 0 fully saturated rings. The Morgan fingerprint density at radius 1 is 0.952 bits per heavy atom. The minimum Gasteiger partial charge on any atom is -0.489 e. The third-order valence-corrected chi connectivity index (χ3v) is 2.94. The molecule has 0 aromatic heterocycles. The minimum absolute atomic E-state index is 0.0747. The molecule has 0 heterocycles. The molecule has 5 nitrogen and oxygen atoms in total. The highest BCUT2D eigenvalue weighted by Crippen LogP contribution is 2.17. The van der Waals surface area contributed by atoms with E-state index in [-0.39, 0.29) is 18.6 Å². The van der Waals surface area contributed by atoms with Crippen molar-refractivity contribution in [2.24, 2.45) is 0 Å². The van der Waals surface area contributed by atoms with Gasteiger partial charge in [-0.1, -0.05) is 30.3 Å². The van der Waals surface area contributed by atoms with E-state index < -0.39 is 11.9 Å². The van der Waals surface area contributed by atoms with E-state index in [1.54, 1.807) is 36.4 Å². The maximum Gasteiger partial charge on any atom is 0.335 e. The zero-order valence-electron chi connectivity index (χ0n) is 11.2. The molecule has 2 aromatic carbocycles. The minimum atomic E-state index is -1.02. The topological polar surface area (TPSA) is 83.8 Å². The summed E-state index contributed by atoms with van der Waals surface area (Å²) < 4.78 is 5.55. The third kappa shape index (κ3) is 4.07. The number of rotatable bonds is 6. The van der Waals surface area contributed by atoms with Gasteiger partial charge in [-0.25, -0.2) is 4.79 Å². The van der Waals surface area contributed by atoms with Crippen LogP contribution in [-0.2, 0) is 17.8 Å². The van der Waals surface area contributed by atoms with E-state index in [4.69, 9.17) is 14.9 Å². The molecule has 0 unspecified atom stereocenters. The van der Waals surface area contributed by atoms with Gasteiger partial charge in [-0.05, 0) is 29.3 Å². The van der Waals surface area contributed by atoms with Crippen LogP contribution in [0.5, 0.6) is 5.75 Å². The monoisotopic (exact) mass is 286 g/mol. The molecule has 0 aliphatic heterocycles. The van der Waals surface area contributed by atoms with Crippen molar-refractivity contribution in [1.82, 2.24) is 0 Å². The predicted molar refractivity (Wildman–Crippen MR) is 75.5 cm³/mol. The SMILES string of the molecule is O=C(O)Cc1ccccc1COc1cccc(C(=O)O)c1. The first kappa shape index (κ1) is 14.6. The van der Waals surface area contributed by atoms with Crippen LogP contribution in [0.1, 0.15) is 21.5 Å². The summed E-state index contributed by atoms with van der Waals surface area (Å²) in [5.41, 5.74) is 1.59. The molecule has 0 saturated heterocycles. The lowest BCUT2D eigenvalue weighted by Crippen LogP contribution is -2.06. The van der Waals surface area contributed by atoms with Gasteiger partial charge in [-0.2, -0.15) is 0 Å². The fourth-order valence-corrected chi connectivity index (χ4v) is 1.91. The standard InChI is InChI=1S/C16H14O5/c17-15(18)9-11-4-1-2-5-13(11)10-21-14-7-3-6-12(8-14)16(19)20/h1-8H,9-10H2,(H,17,18)(H,19,20). The van der Waals surface area contributed by atoms with Crippen molar-refractivity contribution in [3.05, 3.63) is 65.2 Å². The molecule has 2 rings (SSSR count). The molecule has 108 valence electrons. The van der Waals surface area contributed by atoms with Gasteiger partial charge >= 0.3 is 11.9 Å². The van der Waals surface area contributed by atoms with E-state index in [9.17, 15) is 9.59 Å². The van der Waals surface area contributed by atoms with Crippen molar-refractivity contribution in [2.45, 2.75) is 13.0 Å². The van der Waals surface area contributed by atoms with Crippen LogP contribution >= 0.6 is 0 Å². The lowest BCUT2D eigenvalue weighted by molar-refractivity contribution is -0.136. The molecular formula is C16H14O5. The molecule has 2 N–H and O–H groups in total. The highest BCUT2D eigenvalue weighted by Gasteiger charge is 2.08. The van der Waals surface area contributed by atoms with Crippen LogP contribution in [0.15, 0.2) is 48.5 Å². The number of carboxylic acids is 2. The molecular weight excluding hydrogens is 272 g/mol. The average Bonchev–Trinajstić information content (AvgIpc) is 2.46. The van der Waals surface area contributed by atoms with Crippen LogP contribution in [-0.4, -0.2) is 22.2 Å². The van der Waals surface area contributed by atoms with Crippen LogP contribution in [0.25, 0.3) is 0 Å². The van der Waals surface area contributed by atoms with Crippen LogP contribution in [0.2, 0.25) is 0 Å². The lowest BCUT2D eigenvalue weighted by atomic mass is 10.1. The Balaban J connectivity index is 2.11. The number of hydrogen-bond acceptors (Lipinski definition) is 3. The normalized spacial score (nSPS) is 10.1. The van der Waals surface area contributed by atoms with Gasteiger partial charge in [0.1, 0.15) is 12.4 Å². The summed E-state index contributed by atoms with van der Waals surface area (Å²) in [6, 6.07) is 13.3. The second-order valence-corrected chi connectivity index (χ2v) is 4.46. The number of hydrogen-bond donors (Lipinski definition) is 2. The summed E-state index contributed by atoms with van der Waals surface area (Å²) in [7, 11) is 0. The first-order valence-corrected chi connectivity index (χ1v) is 6.31. The Kier molecular flexibility index (Phi) is 4.56. The quantitative estimate of drug-likeness (QED) is 0.852. The van der Waals surface area contributed by atoms with Gasteiger partial charge in [0.2, 0.25) is 0 Å². The summed E-state index contributed by atoms with van der Waals surface area (Å²) in [6.07, 6.45) is -0.0747. The van der Waals surface area contributed by atoms with Crippen molar-refractivity contribution >= 4 is 11.9 Å². The first-order valence-electron chi connectivity index (χ1n) is 6.31.